The van der Waals surface area contributed by atoms with Crippen LogP contribution < -0.4 is 0 Å². The highest BCUT2D eigenvalue weighted by atomic mass is 31.2. The lowest BCUT2D eigenvalue weighted by Gasteiger charge is -2.30. The Morgan fingerprint density at radius 2 is 1.27 bits per heavy atom. The van der Waals surface area contributed by atoms with E-state index in [4.69, 9.17) is 9.05 Å². The van der Waals surface area contributed by atoms with Gasteiger partial charge in [0.05, 0.1) is 12.2 Å². The molecule has 0 rings (SSSR count). The zero-order chi connectivity index (χ0) is 11.4. The van der Waals surface area contributed by atoms with E-state index in [1.807, 2.05) is 27.7 Å². The molecule has 0 aromatic carbocycles. The van der Waals surface area contributed by atoms with Crippen LogP contribution in [0.1, 0.15) is 49.0 Å². The van der Waals surface area contributed by atoms with Gasteiger partial charge >= 0.3 is 0 Å². The van der Waals surface area contributed by atoms with Crippen molar-refractivity contribution >= 4 is 13.6 Å². The minimum absolute atomic E-state index is 0. The van der Waals surface area contributed by atoms with Crippen molar-refractivity contribution in [3.05, 3.63) is 0 Å². The van der Waals surface area contributed by atoms with Crippen molar-refractivity contribution in [1.82, 2.24) is 0 Å². The standard InChI is InChI=1S/C11H25O2P.CH4/c1-9(2)8-14(7,12-10(3)4)13-11(5)6;/h9-11H,7-8H2,1-6H3;1H4. The summed E-state index contributed by atoms with van der Waals surface area (Å²) in [6, 6.07) is 0. The van der Waals surface area contributed by atoms with Gasteiger partial charge in [-0.3, -0.25) is 0 Å². The van der Waals surface area contributed by atoms with Gasteiger partial charge in [-0.15, -0.1) is 0 Å². The molecule has 0 bridgehead atoms. The molecule has 0 aliphatic rings. The zero-order valence-electron chi connectivity index (χ0n) is 10.4. The predicted octanol–water partition coefficient (Wildman–Crippen LogP) is 4.41. The Morgan fingerprint density at radius 1 is 0.933 bits per heavy atom. The molecular formula is C12H29O2P. The molecule has 3 heteroatoms. The fourth-order valence-corrected chi connectivity index (χ4v) is 4.31. The lowest BCUT2D eigenvalue weighted by Crippen LogP contribution is -2.12. The molecule has 0 spiro atoms. The molecular weight excluding hydrogens is 207 g/mol. The minimum Gasteiger partial charge on any atom is -0.335 e. The van der Waals surface area contributed by atoms with Crippen molar-refractivity contribution in [2.45, 2.75) is 61.2 Å². The topological polar surface area (TPSA) is 18.5 Å². The molecule has 0 aliphatic heterocycles. The summed E-state index contributed by atoms with van der Waals surface area (Å²) in [6.45, 7) is 12.5. The number of rotatable bonds is 6. The highest BCUT2D eigenvalue weighted by Crippen LogP contribution is 2.51. The van der Waals surface area contributed by atoms with E-state index in [9.17, 15) is 0 Å². The fourth-order valence-electron chi connectivity index (χ4n) is 1.44. The summed E-state index contributed by atoms with van der Waals surface area (Å²) in [7, 11) is -1.89. The van der Waals surface area contributed by atoms with Gasteiger partial charge in [0.25, 0.3) is 0 Å². The third kappa shape index (κ3) is 9.17. The molecule has 0 heterocycles. The summed E-state index contributed by atoms with van der Waals surface area (Å²) in [4.78, 5) is 0. The second-order valence-electron chi connectivity index (χ2n) is 4.70. The van der Waals surface area contributed by atoms with Crippen molar-refractivity contribution in [2.75, 3.05) is 6.16 Å². The lowest BCUT2D eigenvalue weighted by molar-refractivity contribution is 0.172. The van der Waals surface area contributed by atoms with Crippen LogP contribution in [0.15, 0.2) is 0 Å². The van der Waals surface area contributed by atoms with Gasteiger partial charge in [-0.25, -0.2) is 0 Å². The third-order valence-electron chi connectivity index (χ3n) is 1.45. The van der Waals surface area contributed by atoms with Gasteiger partial charge in [0.1, 0.15) is 7.34 Å². The van der Waals surface area contributed by atoms with Crippen LogP contribution in [0.5, 0.6) is 0 Å². The summed E-state index contributed by atoms with van der Waals surface area (Å²) < 4.78 is 11.7. The second-order valence-corrected chi connectivity index (χ2v) is 7.12. The first-order valence-electron chi connectivity index (χ1n) is 5.34. The van der Waals surface area contributed by atoms with Crippen LogP contribution in [-0.2, 0) is 9.05 Å². The van der Waals surface area contributed by atoms with E-state index in [0.717, 1.165) is 6.16 Å². The van der Waals surface area contributed by atoms with Crippen LogP contribution >= 0.6 is 7.34 Å². The molecule has 0 atom stereocenters. The monoisotopic (exact) mass is 236 g/mol. The van der Waals surface area contributed by atoms with Gasteiger partial charge in [-0.2, -0.15) is 0 Å². The SMILES string of the molecule is C.C=P(CC(C)C)(OC(C)C)OC(C)C. The van der Waals surface area contributed by atoms with E-state index in [-0.39, 0.29) is 19.6 Å². The van der Waals surface area contributed by atoms with Crippen LogP contribution in [0.4, 0.5) is 0 Å². The summed E-state index contributed by atoms with van der Waals surface area (Å²) in [6.07, 6.45) is 5.48. The first-order valence-corrected chi connectivity index (χ1v) is 7.34. The van der Waals surface area contributed by atoms with Crippen LogP contribution in [0.3, 0.4) is 0 Å². The molecule has 94 valence electrons. The quantitative estimate of drug-likeness (QED) is 0.636. The van der Waals surface area contributed by atoms with Gasteiger partial charge in [-0.05, 0) is 33.6 Å². The predicted molar refractivity (Wildman–Crippen MR) is 72.9 cm³/mol. The molecule has 0 N–H and O–H groups in total. The van der Waals surface area contributed by atoms with E-state index in [0.29, 0.717) is 5.92 Å². The Morgan fingerprint density at radius 3 is 1.47 bits per heavy atom. The van der Waals surface area contributed by atoms with Crippen LogP contribution in [0.2, 0.25) is 0 Å². The van der Waals surface area contributed by atoms with Crippen LogP contribution in [-0.4, -0.2) is 24.7 Å². The maximum absolute atomic E-state index is 5.84. The Labute approximate surface area is 96.5 Å². The van der Waals surface area contributed by atoms with Crippen molar-refractivity contribution in [3.63, 3.8) is 0 Å². The summed E-state index contributed by atoms with van der Waals surface area (Å²) in [5.74, 6) is 0.568. The molecule has 0 saturated carbocycles. The molecule has 0 fully saturated rings. The first-order chi connectivity index (χ1) is 6.25. The van der Waals surface area contributed by atoms with E-state index in [1.165, 1.54) is 0 Å². The maximum Gasteiger partial charge on any atom is 0.118 e. The van der Waals surface area contributed by atoms with Crippen molar-refractivity contribution < 1.29 is 9.05 Å². The smallest absolute Gasteiger partial charge is 0.118 e. The van der Waals surface area contributed by atoms with Crippen LogP contribution in [0.25, 0.3) is 0 Å². The molecule has 0 aromatic heterocycles. The van der Waals surface area contributed by atoms with Gasteiger partial charge < -0.3 is 9.05 Å². The third-order valence-corrected chi connectivity index (χ3v) is 4.35. The number of hydrogen-bond acceptors (Lipinski definition) is 2. The van der Waals surface area contributed by atoms with Crippen molar-refractivity contribution in [1.29, 1.82) is 0 Å². The van der Waals surface area contributed by atoms with Crippen molar-refractivity contribution in [2.24, 2.45) is 5.92 Å². The van der Waals surface area contributed by atoms with Gasteiger partial charge in [-0.1, -0.05) is 27.6 Å². The fraction of sp³-hybridized carbons (Fsp3) is 0.917. The Bertz CT molecular complexity index is 165. The Balaban J connectivity index is 0. The maximum atomic E-state index is 5.84. The molecule has 0 amide bonds. The Hall–Kier alpha value is 0.220. The average Bonchev–Trinajstić information content (AvgIpc) is 1.76. The van der Waals surface area contributed by atoms with E-state index < -0.39 is 7.34 Å². The largest absolute Gasteiger partial charge is 0.335 e. The molecule has 0 aliphatic carbocycles. The van der Waals surface area contributed by atoms with E-state index >= 15 is 0 Å². The van der Waals surface area contributed by atoms with E-state index in [1.54, 1.807) is 0 Å². The summed E-state index contributed by atoms with van der Waals surface area (Å²) in [5, 5.41) is 0. The van der Waals surface area contributed by atoms with E-state index in [2.05, 4.69) is 20.1 Å². The molecule has 0 aromatic rings. The average molecular weight is 236 g/mol. The van der Waals surface area contributed by atoms with Crippen molar-refractivity contribution in [3.8, 4) is 0 Å². The summed E-state index contributed by atoms with van der Waals surface area (Å²) in [5.41, 5.74) is 0. The molecule has 2 nitrogen and oxygen atoms in total. The minimum atomic E-state index is -1.89. The van der Waals surface area contributed by atoms with Crippen LogP contribution in [0, 0.1) is 5.92 Å². The van der Waals surface area contributed by atoms with Gasteiger partial charge in [0.2, 0.25) is 0 Å². The summed E-state index contributed by atoms with van der Waals surface area (Å²) >= 11 is 0. The molecule has 0 radical (unpaired) electrons. The Kier molecular flexibility index (Phi) is 8.79. The normalized spacial score (nSPS) is 12.3. The molecule has 0 unspecified atom stereocenters. The number of hydrogen-bond donors (Lipinski definition) is 0. The van der Waals surface area contributed by atoms with Gasteiger partial charge in [0, 0.05) is 6.16 Å². The molecule has 15 heavy (non-hydrogen) atoms. The second kappa shape index (κ2) is 7.49. The molecule has 0 saturated heterocycles. The zero-order valence-corrected chi connectivity index (χ0v) is 11.3. The lowest BCUT2D eigenvalue weighted by atomic mass is 10.3. The highest BCUT2D eigenvalue weighted by Gasteiger charge is 2.20. The van der Waals surface area contributed by atoms with Gasteiger partial charge in [0.15, 0.2) is 0 Å². The highest BCUT2D eigenvalue weighted by molar-refractivity contribution is 7.64. The first kappa shape index (κ1) is 17.6.